The number of carbonyl (C=O) groups is 1. The summed E-state index contributed by atoms with van der Waals surface area (Å²) in [6.45, 7) is 2.27. The van der Waals surface area contributed by atoms with Crippen LogP contribution in [-0.4, -0.2) is 31.4 Å². The van der Waals surface area contributed by atoms with Crippen LogP contribution in [0.5, 0.6) is 17.2 Å². The number of nitrogens with zero attached hydrogens (tertiary/aromatic N) is 1. The highest BCUT2D eigenvalue weighted by molar-refractivity contribution is 9.10. The predicted molar refractivity (Wildman–Crippen MR) is 104 cm³/mol. The van der Waals surface area contributed by atoms with Crippen molar-refractivity contribution in [2.45, 2.75) is 20.1 Å². The fourth-order valence-electron chi connectivity index (χ4n) is 2.84. The lowest BCUT2D eigenvalue weighted by molar-refractivity contribution is -0.385. The number of esters is 1. The molecular weight excluding hydrogens is 450 g/mol. The molecule has 0 saturated carbocycles. The molecule has 1 heterocycles. The van der Waals surface area contributed by atoms with Gasteiger partial charge < -0.3 is 23.7 Å². The number of carbonyl (C=O) groups excluding carboxylic acids is 1. The molecule has 9 nitrogen and oxygen atoms in total. The van der Waals surface area contributed by atoms with Crippen LogP contribution >= 0.6 is 15.9 Å². The van der Waals surface area contributed by atoms with Gasteiger partial charge in [0.05, 0.1) is 35.3 Å². The summed E-state index contributed by atoms with van der Waals surface area (Å²) in [5.74, 6) is 0.661. The van der Waals surface area contributed by atoms with Crippen LogP contribution in [0.3, 0.4) is 0 Å². The molecule has 0 bridgehead atoms. The van der Waals surface area contributed by atoms with Gasteiger partial charge in [-0.25, -0.2) is 4.79 Å². The molecule has 0 saturated heterocycles. The fourth-order valence-corrected chi connectivity index (χ4v) is 3.40. The smallest absolute Gasteiger partial charge is 0.338 e. The summed E-state index contributed by atoms with van der Waals surface area (Å²) in [7, 11) is 1.47. The number of methoxy groups -OCH3 is 1. The number of fused-ring (bicyclic) bond motifs is 1. The Kier molecular flexibility index (Phi) is 6.55. The zero-order chi connectivity index (χ0) is 21.0. The summed E-state index contributed by atoms with van der Waals surface area (Å²) in [6, 6.07) is 5.77. The van der Waals surface area contributed by atoms with E-state index in [4.69, 9.17) is 23.7 Å². The number of rotatable bonds is 7. The molecule has 3 rings (SSSR count). The normalized spacial score (nSPS) is 12.5. The summed E-state index contributed by atoms with van der Waals surface area (Å²) >= 11 is 3.36. The van der Waals surface area contributed by atoms with Gasteiger partial charge >= 0.3 is 5.97 Å². The number of hydrogen-bond donors (Lipinski definition) is 0. The maximum absolute atomic E-state index is 12.6. The molecule has 1 aliphatic rings. The van der Waals surface area contributed by atoms with Gasteiger partial charge in [-0.05, 0) is 35.0 Å². The lowest BCUT2D eigenvalue weighted by atomic mass is 10.1. The van der Waals surface area contributed by atoms with Gasteiger partial charge in [0.25, 0.3) is 5.69 Å². The molecule has 0 spiro atoms. The van der Waals surface area contributed by atoms with Gasteiger partial charge in [0.2, 0.25) is 0 Å². The maximum atomic E-state index is 12.6. The highest BCUT2D eigenvalue weighted by Gasteiger charge is 2.23. The summed E-state index contributed by atoms with van der Waals surface area (Å²) in [5.41, 5.74) is 1.03. The Morgan fingerprint density at radius 1 is 1.31 bits per heavy atom. The molecule has 10 heteroatoms. The van der Waals surface area contributed by atoms with E-state index in [1.54, 1.807) is 6.07 Å². The number of nitro benzene ring substituents is 1. The predicted octanol–water partition coefficient (Wildman–Crippen LogP) is 3.99. The highest BCUT2D eigenvalue weighted by Crippen LogP contribution is 2.37. The summed E-state index contributed by atoms with van der Waals surface area (Å²) in [5, 5.41) is 11.2. The monoisotopic (exact) mass is 467 g/mol. The van der Waals surface area contributed by atoms with Crippen LogP contribution in [-0.2, 0) is 22.7 Å². The first-order valence-corrected chi connectivity index (χ1v) is 9.42. The van der Waals surface area contributed by atoms with E-state index < -0.39 is 10.9 Å². The highest BCUT2D eigenvalue weighted by atomic mass is 79.9. The molecule has 0 aliphatic carbocycles. The van der Waals surface area contributed by atoms with E-state index >= 15 is 0 Å². The second kappa shape index (κ2) is 9.10. The van der Waals surface area contributed by atoms with E-state index in [2.05, 4.69) is 15.9 Å². The Bertz CT molecular complexity index is 946. The topological polar surface area (TPSA) is 106 Å². The van der Waals surface area contributed by atoms with Gasteiger partial charge in [-0.2, -0.15) is 0 Å². The average Bonchev–Trinajstić information content (AvgIpc) is 2.72. The summed E-state index contributed by atoms with van der Waals surface area (Å²) in [4.78, 5) is 23.2. The Labute approximate surface area is 174 Å². The van der Waals surface area contributed by atoms with Gasteiger partial charge in [0.15, 0.2) is 18.3 Å². The van der Waals surface area contributed by atoms with Crippen molar-refractivity contribution in [1.29, 1.82) is 0 Å². The van der Waals surface area contributed by atoms with E-state index in [-0.39, 0.29) is 31.3 Å². The molecule has 1 aliphatic heterocycles. The molecular formula is C19H18BrNO8. The van der Waals surface area contributed by atoms with Crippen molar-refractivity contribution in [3.8, 4) is 17.2 Å². The molecule has 2 aromatic rings. The molecule has 29 heavy (non-hydrogen) atoms. The molecule has 154 valence electrons. The molecule has 0 fully saturated rings. The maximum Gasteiger partial charge on any atom is 0.338 e. The third-order valence-corrected chi connectivity index (χ3v) is 4.68. The standard InChI is InChI=1S/C19H18BrNO8/c1-3-27-18-15(20)6-11(7-16(18)25-2)19(22)28-9-13-5-14(21(23)24)4-12-8-26-10-29-17(12)13/h4-7H,3,8-10H2,1-2H3. The Balaban J connectivity index is 1.83. The molecule has 0 aromatic heterocycles. The molecule has 0 amide bonds. The minimum absolute atomic E-state index is 0.0226. The van der Waals surface area contributed by atoms with Crippen molar-refractivity contribution >= 4 is 27.6 Å². The van der Waals surface area contributed by atoms with Crippen molar-refractivity contribution in [3.63, 3.8) is 0 Å². The van der Waals surface area contributed by atoms with E-state index in [9.17, 15) is 14.9 Å². The van der Waals surface area contributed by atoms with Crippen LogP contribution in [0.4, 0.5) is 5.69 Å². The van der Waals surface area contributed by atoms with Crippen LogP contribution in [0.2, 0.25) is 0 Å². The van der Waals surface area contributed by atoms with Crippen molar-refractivity contribution in [2.75, 3.05) is 20.5 Å². The number of halogens is 1. The quantitative estimate of drug-likeness (QED) is 0.341. The first-order valence-electron chi connectivity index (χ1n) is 8.62. The third-order valence-electron chi connectivity index (χ3n) is 4.10. The van der Waals surface area contributed by atoms with Gasteiger partial charge in [-0.1, -0.05) is 0 Å². The second-order valence-electron chi connectivity index (χ2n) is 5.96. The van der Waals surface area contributed by atoms with Crippen LogP contribution < -0.4 is 14.2 Å². The lowest BCUT2D eigenvalue weighted by Gasteiger charge is -2.20. The van der Waals surface area contributed by atoms with Gasteiger partial charge in [0, 0.05) is 23.3 Å². The van der Waals surface area contributed by atoms with E-state index in [1.807, 2.05) is 6.92 Å². The van der Waals surface area contributed by atoms with Crippen LogP contribution in [0, 0.1) is 10.1 Å². The van der Waals surface area contributed by atoms with Gasteiger partial charge in [-0.15, -0.1) is 0 Å². The summed E-state index contributed by atoms with van der Waals surface area (Å²) < 4.78 is 27.3. The van der Waals surface area contributed by atoms with Crippen LogP contribution in [0.25, 0.3) is 0 Å². The van der Waals surface area contributed by atoms with E-state index in [1.165, 1.54) is 25.3 Å². The zero-order valence-corrected chi connectivity index (χ0v) is 17.3. The number of hydrogen-bond acceptors (Lipinski definition) is 8. The number of benzene rings is 2. The van der Waals surface area contributed by atoms with Gasteiger partial charge in [-0.3, -0.25) is 10.1 Å². The van der Waals surface area contributed by atoms with Crippen LogP contribution in [0.1, 0.15) is 28.4 Å². The number of non-ortho nitro benzene ring substituents is 1. The Hall–Kier alpha value is -2.85. The van der Waals surface area contributed by atoms with Crippen molar-refractivity contribution < 1.29 is 33.4 Å². The second-order valence-corrected chi connectivity index (χ2v) is 6.81. The first-order chi connectivity index (χ1) is 13.9. The van der Waals surface area contributed by atoms with E-state index in [0.29, 0.717) is 39.5 Å². The Morgan fingerprint density at radius 3 is 2.79 bits per heavy atom. The number of ether oxygens (including phenoxy) is 5. The molecule has 0 N–H and O–H groups in total. The fraction of sp³-hybridized carbons (Fsp3) is 0.316. The largest absolute Gasteiger partial charge is 0.493 e. The van der Waals surface area contributed by atoms with Crippen LogP contribution in [0.15, 0.2) is 28.7 Å². The SMILES string of the molecule is CCOc1c(Br)cc(C(=O)OCc2cc([N+](=O)[O-])cc3c2OCOC3)cc1OC. The summed E-state index contributed by atoms with van der Waals surface area (Å²) in [6.07, 6.45) is 0. The van der Waals surface area contributed by atoms with E-state index in [0.717, 1.165) is 0 Å². The van der Waals surface area contributed by atoms with Crippen molar-refractivity contribution in [3.05, 3.63) is 55.5 Å². The number of nitro groups is 1. The van der Waals surface area contributed by atoms with Crippen molar-refractivity contribution in [1.82, 2.24) is 0 Å². The first kappa shape index (κ1) is 20.9. The minimum Gasteiger partial charge on any atom is -0.493 e. The molecule has 0 radical (unpaired) electrons. The lowest BCUT2D eigenvalue weighted by Crippen LogP contribution is -2.15. The molecule has 0 unspecified atom stereocenters. The minimum atomic E-state index is -0.626. The average molecular weight is 468 g/mol. The third kappa shape index (κ3) is 4.60. The van der Waals surface area contributed by atoms with Gasteiger partial charge in [0.1, 0.15) is 12.4 Å². The Morgan fingerprint density at radius 2 is 2.10 bits per heavy atom. The molecule has 2 aromatic carbocycles. The zero-order valence-electron chi connectivity index (χ0n) is 15.7. The van der Waals surface area contributed by atoms with Crippen molar-refractivity contribution in [2.24, 2.45) is 0 Å². The molecule has 0 atom stereocenters.